The largest absolute Gasteiger partial charge is 0.466 e. The summed E-state index contributed by atoms with van der Waals surface area (Å²) in [4.78, 5) is 10.1. The molecule has 0 aromatic heterocycles. The van der Waals surface area contributed by atoms with E-state index in [2.05, 4.69) is 4.74 Å². The molecule has 0 unspecified atom stereocenters. The van der Waals surface area contributed by atoms with Crippen LogP contribution in [-0.4, -0.2) is 21.5 Å². The molecule has 0 aliphatic carbocycles. The van der Waals surface area contributed by atoms with Gasteiger partial charge in [-0.25, -0.2) is 4.79 Å². The fourth-order valence-electron chi connectivity index (χ4n) is 0.205. The molecular weight excluding hydrogens is 163 g/mol. The van der Waals surface area contributed by atoms with Crippen molar-refractivity contribution in [1.29, 1.82) is 0 Å². The lowest BCUT2D eigenvalue weighted by Gasteiger charge is -1.86. The van der Waals surface area contributed by atoms with E-state index in [1.165, 1.54) is 0 Å². The van der Waals surface area contributed by atoms with Crippen molar-refractivity contribution in [2.24, 2.45) is 0 Å². The van der Waals surface area contributed by atoms with Gasteiger partial charge in [0.25, 0.3) is 0 Å². The molecule has 0 radical (unpaired) electrons. The highest BCUT2D eigenvalue weighted by Gasteiger charge is 2.00. The minimum atomic E-state index is -4.71. The van der Waals surface area contributed by atoms with E-state index in [1.807, 2.05) is 0 Å². The minimum Gasteiger partial charge on any atom is -0.466 e. The van der Waals surface area contributed by atoms with Gasteiger partial charge in [-0.05, 0) is 0 Å². The Kier molecular flexibility index (Phi) is 3.01. The molecule has 0 saturated carbocycles. The molecule has 0 aliphatic heterocycles. The average Bonchev–Trinajstić information content (AvgIpc) is 1.81. The first-order valence-electron chi connectivity index (χ1n) is 2.16. The Morgan fingerprint density at radius 1 is 1.60 bits per heavy atom. The summed E-state index contributed by atoms with van der Waals surface area (Å²) in [5.41, 5.74) is 0. The second kappa shape index (κ2) is 3.31. The van der Waals surface area contributed by atoms with Gasteiger partial charge in [0.2, 0.25) is 0 Å². The highest BCUT2D eigenvalue weighted by Crippen LogP contribution is 1.92. The van der Waals surface area contributed by atoms with Crippen LogP contribution < -0.4 is 0 Å². The molecule has 0 aromatic carbocycles. The lowest BCUT2D eigenvalue weighted by atomic mass is 10.7. The molecule has 10 heavy (non-hydrogen) atoms. The molecule has 58 valence electrons. The van der Waals surface area contributed by atoms with E-state index in [0.29, 0.717) is 6.08 Å². The Morgan fingerprint density at radius 2 is 2.10 bits per heavy atom. The number of carbonyl (C=O) groups is 1. The van der Waals surface area contributed by atoms with Crippen LogP contribution in [0.1, 0.15) is 0 Å². The van der Waals surface area contributed by atoms with E-state index in [-0.39, 0.29) is 5.41 Å². The molecule has 4 nitrogen and oxygen atoms in total. The fraction of sp³-hybridized carbons (Fsp3) is 0.250. The predicted octanol–water partition coefficient (Wildman–Crippen LogP) is -0.0276. The Morgan fingerprint density at radius 3 is 2.40 bits per heavy atom. The molecular formula is C4H5FO4S. The van der Waals surface area contributed by atoms with Gasteiger partial charge in [0.05, 0.1) is 12.5 Å². The van der Waals surface area contributed by atoms with Gasteiger partial charge >= 0.3 is 16.2 Å². The van der Waals surface area contributed by atoms with E-state index < -0.39 is 16.2 Å². The summed E-state index contributed by atoms with van der Waals surface area (Å²) < 4.78 is 34.9. The SMILES string of the molecule is COC(=O)C=CS(=O)(=O)F. The molecule has 0 aliphatic rings. The summed E-state index contributed by atoms with van der Waals surface area (Å²) in [5, 5.41) is 0.124. The highest BCUT2D eigenvalue weighted by molar-refractivity contribution is 7.89. The second-order valence-electron chi connectivity index (χ2n) is 1.30. The van der Waals surface area contributed by atoms with Gasteiger partial charge in [-0.3, -0.25) is 0 Å². The molecule has 0 fully saturated rings. The molecule has 0 N–H and O–H groups in total. The van der Waals surface area contributed by atoms with Gasteiger partial charge in [0.15, 0.2) is 0 Å². The van der Waals surface area contributed by atoms with Crippen molar-refractivity contribution in [3.05, 3.63) is 11.5 Å². The first-order valence-corrected chi connectivity index (χ1v) is 3.61. The lowest BCUT2D eigenvalue weighted by molar-refractivity contribution is -0.134. The van der Waals surface area contributed by atoms with Crippen molar-refractivity contribution < 1.29 is 21.8 Å². The molecule has 0 spiro atoms. The minimum absolute atomic E-state index is 0.124. The maximum atomic E-state index is 11.6. The normalized spacial score (nSPS) is 11.8. The first-order chi connectivity index (χ1) is 4.45. The number of hydrogen-bond donors (Lipinski definition) is 0. The van der Waals surface area contributed by atoms with E-state index in [0.717, 1.165) is 7.11 Å². The number of halogens is 1. The summed E-state index contributed by atoms with van der Waals surface area (Å²) in [6.07, 6.45) is 0.481. The summed E-state index contributed by atoms with van der Waals surface area (Å²) >= 11 is 0. The number of hydrogen-bond acceptors (Lipinski definition) is 4. The third-order valence-corrected chi connectivity index (χ3v) is 1.03. The highest BCUT2D eigenvalue weighted by atomic mass is 32.3. The van der Waals surface area contributed by atoms with Gasteiger partial charge in [-0.1, -0.05) is 0 Å². The fourth-order valence-corrected chi connectivity index (χ4v) is 0.479. The number of ether oxygens (including phenoxy) is 1. The van der Waals surface area contributed by atoms with Crippen LogP contribution in [0.4, 0.5) is 3.89 Å². The summed E-state index contributed by atoms with van der Waals surface area (Å²) in [7, 11) is -3.66. The monoisotopic (exact) mass is 168 g/mol. The van der Waals surface area contributed by atoms with Gasteiger partial charge in [0.1, 0.15) is 0 Å². The molecule has 0 heterocycles. The number of methoxy groups -OCH3 is 1. The van der Waals surface area contributed by atoms with Gasteiger partial charge in [-0.2, -0.15) is 8.42 Å². The summed E-state index contributed by atoms with van der Waals surface area (Å²) in [5.74, 6) is -0.916. The van der Waals surface area contributed by atoms with Crippen LogP contribution in [0.5, 0.6) is 0 Å². The maximum Gasteiger partial charge on any atom is 0.331 e. The molecule has 6 heteroatoms. The number of carbonyl (C=O) groups excluding carboxylic acids is 1. The van der Waals surface area contributed by atoms with Crippen LogP contribution in [0.3, 0.4) is 0 Å². The average molecular weight is 168 g/mol. The molecule has 0 aromatic rings. The van der Waals surface area contributed by atoms with Gasteiger partial charge in [-0.15, -0.1) is 3.89 Å². The van der Waals surface area contributed by atoms with E-state index in [1.54, 1.807) is 0 Å². The Balaban J connectivity index is 4.15. The van der Waals surface area contributed by atoms with Crippen LogP contribution in [-0.2, 0) is 19.8 Å². The van der Waals surface area contributed by atoms with Crippen LogP contribution in [0.25, 0.3) is 0 Å². The Bertz CT molecular complexity index is 240. The van der Waals surface area contributed by atoms with Crippen molar-refractivity contribution in [2.45, 2.75) is 0 Å². The van der Waals surface area contributed by atoms with Crippen molar-refractivity contribution in [1.82, 2.24) is 0 Å². The van der Waals surface area contributed by atoms with Crippen molar-refractivity contribution in [3.63, 3.8) is 0 Å². The van der Waals surface area contributed by atoms with Crippen LogP contribution in [0.2, 0.25) is 0 Å². The van der Waals surface area contributed by atoms with Crippen molar-refractivity contribution in [2.75, 3.05) is 7.11 Å². The number of esters is 1. The summed E-state index contributed by atoms with van der Waals surface area (Å²) in [6.45, 7) is 0. The van der Waals surface area contributed by atoms with Crippen molar-refractivity contribution in [3.8, 4) is 0 Å². The topological polar surface area (TPSA) is 60.4 Å². The zero-order valence-corrected chi connectivity index (χ0v) is 5.89. The zero-order valence-electron chi connectivity index (χ0n) is 5.07. The summed E-state index contributed by atoms with van der Waals surface area (Å²) in [6, 6.07) is 0. The van der Waals surface area contributed by atoms with Crippen LogP contribution >= 0.6 is 0 Å². The smallest absolute Gasteiger partial charge is 0.331 e. The van der Waals surface area contributed by atoms with Gasteiger partial charge in [0, 0.05) is 6.08 Å². The molecule has 0 amide bonds. The Labute approximate surface area is 57.5 Å². The van der Waals surface area contributed by atoms with E-state index >= 15 is 0 Å². The molecule has 0 rings (SSSR count). The zero-order chi connectivity index (χ0) is 8.20. The second-order valence-corrected chi connectivity index (χ2v) is 2.52. The molecule has 0 bridgehead atoms. The Hall–Kier alpha value is -0.910. The standard InChI is InChI=1S/C4H5FO4S/c1-9-4(6)2-3-10(5,7)8/h2-3H,1H3. The predicted molar refractivity (Wildman–Crippen MR) is 31.2 cm³/mol. The van der Waals surface area contributed by atoms with Crippen molar-refractivity contribution >= 4 is 16.2 Å². The maximum absolute atomic E-state index is 11.6. The van der Waals surface area contributed by atoms with E-state index in [4.69, 9.17) is 0 Å². The lowest BCUT2D eigenvalue weighted by Crippen LogP contribution is -1.95. The first kappa shape index (κ1) is 9.09. The number of rotatable bonds is 2. The van der Waals surface area contributed by atoms with Crippen LogP contribution in [0, 0.1) is 0 Å². The third-order valence-electron chi connectivity index (χ3n) is 0.568. The molecule has 0 saturated heterocycles. The van der Waals surface area contributed by atoms with E-state index in [9.17, 15) is 17.1 Å². The third kappa shape index (κ3) is 5.23. The quantitative estimate of drug-likeness (QED) is 0.330. The van der Waals surface area contributed by atoms with Gasteiger partial charge < -0.3 is 4.74 Å². The van der Waals surface area contributed by atoms with Crippen LogP contribution in [0.15, 0.2) is 11.5 Å². The molecule has 0 atom stereocenters.